The maximum absolute atomic E-state index is 9.35. The van der Waals surface area contributed by atoms with Crippen molar-refractivity contribution >= 4 is 28.3 Å². The third-order valence-corrected chi connectivity index (χ3v) is 4.23. The van der Waals surface area contributed by atoms with Gasteiger partial charge in [0.15, 0.2) is 0 Å². The fourth-order valence-electron chi connectivity index (χ4n) is 2.51. The van der Waals surface area contributed by atoms with Crippen LogP contribution in [0.25, 0.3) is 11.0 Å². The van der Waals surface area contributed by atoms with Crippen molar-refractivity contribution in [3.05, 3.63) is 54.4 Å². The molecule has 3 aromatic rings. The summed E-state index contributed by atoms with van der Waals surface area (Å²) < 4.78 is 1.99. The fourth-order valence-corrected chi connectivity index (χ4v) is 2.85. The largest absolute Gasteiger partial charge is 0.508 e. The molecule has 0 aliphatic rings. The van der Waals surface area contributed by atoms with E-state index in [2.05, 4.69) is 9.88 Å². The van der Waals surface area contributed by atoms with E-state index >= 15 is 0 Å². The third kappa shape index (κ3) is 2.88. The molecule has 0 spiro atoms. The zero-order valence-corrected chi connectivity index (χ0v) is 13.3. The number of phenolic OH excluding ortho intramolecular Hbond substituents is 1. The Hall–Kier alpha value is -2.20. The number of aryl methyl sites for hydroxylation is 1. The smallest absolute Gasteiger partial charge is 0.115 e. The van der Waals surface area contributed by atoms with Crippen LogP contribution in [0.3, 0.4) is 0 Å². The quantitative estimate of drug-likeness (QED) is 0.746. The number of anilines is 1. The molecule has 1 atom stereocenters. The molecule has 0 aliphatic heterocycles. The highest BCUT2D eigenvalue weighted by Crippen LogP contribution is 2.27. The Morgan fingerprint density at radius 2 is 1.95 bits per heavy atom. The molecule has 0 bridgehead atoms. The second-order valence-electron chi connectivity index (χ2n) is 5.47. The zero-order valence-electron chi connectivity index (χ0n) is 12.6. The van der Waals surface area contributed by atoms with Gasteiger partial charge in [0, 0.05) is 26.3 Å². The van der Waals surface area contributed by atoms with Crippen molar-refractivity contribution in [1.82, 2.24) is 9.55 Å². The van der Waals surface area contributed by atoms with Gasteiger partial charge in [0.25, 0.3) is 0 Å². The molecule has 3 rings (SSSR count). The van der Waals surface area contributed by atoms with Crippen LogP contribution in [0.4, 0.5) is 5.69 Å². The Kier molecular flexibility index (Phi) is 3.94. The highest BCUT2D eigenvalue weighted by atomic mass is 35.5. The summed E-state index contributed by atoms with van der Waals surface area (Å²) in [5, 5.41) is 9.21. The molecule has 0 aliphatic carbocycles. The van der Waals surface area contributed by atoms with Gasteiger partial charge in [-0.05, 0) is 42.0 Å². The lowest BCUT2D eigenvalue weighted by atomic mass is 10.1. The van der Waals surface area contributed by atoms with Gasteiger partial charge in [0.1, 0.15) is 5.75 Å². The number of fused-ring (bicyclic) bond motifs is 1. The Balaban J connectivity index is 1.77. The Bertz CT molecular complexity index is 782. The van der Waals surface area contributed by atoms with Gasteiger partial charge in [0.05, 0.1) is 22.7 Å². The van der Waals surface area contributed by atoms with Gasteiger partial charge < -0.3 is 14.6 Å². The molecule has 1 aromatic heterocycles. The van der Waals surface area contributed by atoms with Gasteiger partial charge in [-0.1, -0.05) is 6.07 Å². The van der Waals surface area contributed by atoms with Crippen LogP contribution in [0.2, 0.25) is 0 Å². The van der Waals surface area contributed by atoms with Crippen LogP contribution in [0.15, 0.2) is 48.8 Å². The molecule has 1 N–H and O–H groups in total. The number of alkyl halides is 1. The van der Waals surface area contributed by atoms with Crippen molar-refractivity contribution in [1.29, 1.82) is 0 Å². The number of rotatable bonds is 4. The van der Waals surface area contributed by atoms with Crippen molar-refractivity contribution in [2.75, 3.05) is 18.5 Å². The van der Waals surface area contributed by atoms with Crippen molar-refractivity contribution in [3.8, 4) is 5.75 Å². The zero-order chi connectivity index (χ0) is 15.7. The van der Waals surface area contributed by atoms with E-state index in [-0.39, 0.29) is 11.1 Å². The number of hydrogen-bond donors (Lipinski definition) is 1. The average Bonchev–Trinajstić information content (AvgIpc) is 2.88. The van der Waals surface area contributed by atoms with E-state index in [0.717, 1.165) is 22.3 Å². The first-order chi connectivity index (χ1) is 10.5. The first-order valence-corrected chi connectivity index (χ1v) is 7.53. The lowest BCUT2D eigenvalue weighted by molar-refractivity contribution is 0.475. The van der Waals surface area contributed by atoms with Crippen LogP contribution < -0.4 is 4.90 Å². The number of likely N-dealkylation sites (N-methyl/N-ethyl adjacent to an activating group) is 1. The number of halogens is 1. The van der Waals surface area contributed by atoms with Crippen molar-refractivity contribution in [3.63, 3.8) is 0 Å². The van der Waals surface area contributed by atoms with E-state index in [1.807, 2.05) is 49.0 Å². The molecular formula is C17H18ClN3O. The number of phenols is 1. The molecule has 1 unspecified atom stereocenters. The molecule has 0 amide bonds. The van der Waals surface area contributed by atoms with Crippen molar-refractivity contribution in [2.24, 2.45) is 7.05 Å². The summed E-state index contributed by atoms with van der Waals surface area (Å²) in [5.74, 6) is 0.264. The number of aromatic nitrogens is 2. The summed E-state index contributed by atoms with van der Waals surface area (Å²) in [6, 6.07) is 13.2. The van der Waals surface area contributed by atoms with Gasteiger partial charge in [-0.15, -0.1) is 11.6 Å². The second-order valence-corrected chi connectivity index (χ2v) is 5.99. The van der Waals surface area contributed by atoms with E-state index in [4.69, 9.17) is 11.6 Å². The minimum atomic E-state index is -0.134. The lowest BCUT2D eigenvalue weighted by Crippen LogP contribution is -2.21. The third-order valence-electron chi connectivity index (χ3n) is 3.84. The van der Waals surface area contributed by atoms with Gasteiger partial charge in [0.2, 0.25) is 0 Å². The Labute approximate surface area is 134 Å². The van der Waals surface area contributed by atoms with Crippen LogP contribution in [0.5, 0.6) is 5.75 Å². The topological polar surface area (TPSA) is 41.3 Å². The maximum Gasteiger partial charge on any atom is 0.115 e. The number of imidazole rings is 1. The van der Waals surface area contributed by atoms with Crippen LogP contribution >= 0.6 is 11.6 Å². The van der Waals surface area contributed by atoms with Crippen LogP contribution in [0.1, 0.15) is 10.9 Å². The van der Waals surface area contributed by atoms with E-state index in [9.17, 15) is 5.11 Å². The van der Waals surface area contributed by atoms with Gasteiger partial charge in [-0.2, -0.15) is 0 Å². The van der Waals surface area contributed by atoms with Crippen molar-refractivity contribution in [2.45, 2.75) is 5.38 Å². The SMILES string of the molecule is CN(CC(Cl)c1ccc2c(c1)ncn2C)c1ccc(O)cc1. The summed E-state index contributed by atoms with van der Waals surface area (Å²) in [7, 11) is 3.97. The molecule has 5 heteroatoms. The van der Waals surface area contributed by atoms with E-state index < -0.39 is 0 Å². The van der Waals surface area contributed by atoms with Crippen LogP contribution in [0, 0.1) is 0 Å². The Morgan fingerprint density at radius 3 is 2.68 bits per heavy atom. The molecule has 114 valence electrons. The number of aromatic hydroxyl groups is 1. The van der Waals surface area contributed by atoms with Gasteiger partial charge >= 0.3 is 0 Å². The summed E-state index contributed by atoms with van der Waals surface area (Å²) >= 11 is 6.56. The fraction of sp³-hybridized carbons (Fsp3) is 0.235. The monoisotopic (exact) mass is 315 g/mol. The molecule has 0 fully saturated rings. The van der Waals surface area contributed by atoms with Crippen LogP contribution in [-0.2, 0) is 7.05 Å². The number of nitrogens with zero attached hydrogens (tertiary/aromatic N) is 3. The maximum atomic E-state index is 9.35. The summed E-state index contributed by atoms with van der Waals surface area (Å²) in [6.45, 7) is 0.671. The van der Waals surface area contributed by atoms with Gasteiger partial charge in [-0.25, -0.2) is 4.98 Å². The molecule has 0 radical (unpaired) electrons. The normalized spacial score (nSPS) is 12.5. The molecule has 1 heterocycles. The van der Waals surface area contributed by atoms with Crippen molar-refractivity contribution < 1.29 is 5.11 Å². The molecule has 22 heavy (non-hydrogen) atoms. The average molecular weight is 316 g/mol. The van der Waals surface area contributed by atoms with E-state index in [0.29, 0.717) is 6.54 Å². The summed E-state index contributed by atoms with van der Waals surface area (Å²) in [6.07, 6.45) is 1.81. The molecular weight excluding hydrogens is 298 g/mol. The lowest BCUT2D eigenvalue weighted by Gasteiger charge is -2.22. The number of hydrogen-bond acceptors (Lipinski definition) is 3. The molecule has 2 aromatic carbocycles. The predicted octanol–water partition coefficient (Wildman–Crippen LogP) is 3.70. The van der Waals surface area contributed by atoms with Crippen LogP contribution in [-0.4, -0.2) is 28.3 Å². The highest BCUT2D eigenvalue weighted by molar-refractivity contribution is 6.21. The molecule has 0 saturated carbocycles. The minimum absolute atomic E-state index is 0.134. The summed E-state index contributed by atoms with van der Waals surface area (Å²) in [4.78, 5) is 6.44. The second kappa shape index (κ2) is 5.89. The minimum Gasteiger partial charge on any atom is -0.508 e. The van der Waals surface area contributed by atoms with E-state index in [1.165, 1.54) is 0 Å². The first kappa shape index (κ1) is 14.7. The highest BCUT2D eigenvalue weighted by Gasteiger charge is 2.13. The van der Waals surface area contributed by atoms with Gasteiger partial charge in [-0.3, -0.25) is 0 Å². The first-order valence-electron chi connectivity index (χ1n) is 7.10. The molecule has 0 saturated heterocycles. The molecule has 4 nitrogen and oxygen atoms in total. The Morgan fingerprint density at radius 1 is 1.23 bits per heavy atom. The van der Waals surface area contributed by atoms with E-state index in [1.54, 1.807) is 18.5 Å². The predicted molar refractivity (Wildman–Crippen MR) is 90.7 cm³/mol. The summed E-state index contributed by atoms with van der Waals surface area (Å²) in [5.41, 5.74) is 4.12. The standard InChI is InChI=1S/C17H18ClN3O/c1-20(13-4-6-14(22)7-5-13)10-15(18)12-3-8-17-16(9-12)19-11-21(17)2/h3-9,11,15,22H,10H2,1-2H3. The number of benzene rings is 2.